The van der Waals surface area contributed by atoms with Crippen LogP contribution in [0.4, 0.5) is 11.6 Å². The van der Waals surface area contributed by atoms with Gasteiger partial charge in [0.05, 0.1) is 34.7 Å². The molecule has 0 radical (unpaired) electrons. The molecule has 1 aliphatic heterocycles. The molecule has 0 spiro atoms. The van der Waals surface area contributed by atoms with Gasteiger partial charge in [0.2, 0.25) is 11.5 Å². The van der Waals surface area contributed by atoms with Crippen LogP contribution in [0.15, 0.2) is 47.2 Å². The lowest BCUT2D eigenvalue weighted by Gasteiger charge is -2.21. The number of likely N-dealkylation sites (N-methyl/N-ethyl adjacent to an activating group) is 1. The molecule has 2 aliphatic rings. The van der Waals surface area contributed by atoms with Gasteiger partial charge in [-0.25, -0.2) is 15.0 Å². The van der Waals surface area contributed by atoms with E-state index in [1.807, 2.05) is 26.1 Å². The second-order valence-corrected chi connectivity index (χ2v) is 8.73. The molecule has 172 valence electrons. The van der Waals surface area contributed by atoms with Gasteiger partial charge in [-0.05, 0) is 31.5 Å². The van der Waals surface area contributed by atoms with Crippen LogP contribution in [0.5, 0.6) is 0 Å². The first-order chi connectivity index (χ1) is 16.4. The zero-order valence-corrected chi connectivity index (χ0v) is 18.8. The third-order valence-corrected chi connectivity index (χ3v) is 6.73. The summed E-state index contributed by atoms with van der Waals surface area (Å²) >= 11 is 0. The predicted octanol–water partition coefficient (Wildman–Crippen LogP) is 2.03. The highest BCUT2D eigenvalue weighted by Crippen LogP contribution is 2.55. The summed E-state index contributed by atoms with van der Waals surface area (Å²) in [6.07, 6.45) is 4.13. The number of carbonyl (C=O) groups is 1. The minimum atomic E-state index is -1.67. The van der Waals surface area contributed by atoms with E-state index >= 15 is 0 Å². The summed E-state index contributed by atoms with van der Waals surface area (Å²) in [7, 11) is 3.57. The van der Waals surface area contributed by atoms with Gasteiger partial charge in [0, 0.05) is 38.3 Å². The Kier molecular flexibility index (Phi) is 4.33. The summed E-state index contributed by atoms with van der Waals surface area (Å²) in [6, 6.07) is 8.89. The van der Waals surface area contributed by atoms with E-state index in [1.165, 1.54) is 0 Å². The van der Waals surface area contributed by atoms with Crippen LogP contribution in [-0.2, 0) is 17.4 Å². The highest BCUT2D eigenvalue weighted by atomic mass is 16.5. The smallest absolute Gasteiger partial charge is 0.262 e. The molecule has 2 N–H and O–H groups in total. The van der Waals surface area contributed by atoms with Gasteiger partial charge in [-0.3, -0.25) is 9.48 Å². The molecule has 4 aromatic heterocycles. The molecule has 0 aromatic carbocycles. The zero-order valence-electron chi connectivity index (χ0n) is 18.8. The molecule has 1 saturated carbocycles. The molecule has 34 heavy (non-hydrogen) atoms. The van der Waals surface area contributed by atoms with Crippen molar-refractivity contribution in [2.75, 3.05) is 12.4 Å². The van der Waals surface area contributed by atoms with Crippen molar-refractivity contribution >= 4 is 17.5 Å². The summed E-state index contributed by atoms with van der Waals surface area (Å²) in [4.78, 5) is 27.7. The summed E-state index contributed by atoms with van der Waals surface area (Å²) < 4.78 is 7.20. The highest BCUT2D eigenvalue weighted by molar-refractivity contribution is 5.90. The maximum atomic E-state index is 12.6. The molecule has 5 heterocycles. The molecular weight excluding hydrogens is 436 g/mol. The molecule has 6 rings (SSSR count). The molecule has 2 unspecified atom stereocenters. The van der Waals surface area contributed by atoms with Crippen molar-refractivity contribution in [1.29, 1.82) is 0 Å². The van der Waals surface area contributed by atoms with Gasteiger partial charge in [0.1, 0.15) is 5.69 Å². The van der Waals surface area contributed by atoms with Crippen LogP contribution in [0.3, 0.4) is 0 Å². The average Bonchev–Trinajstić information content (AvgIpc) is 3.34. The van der Waals surface area contributed by atoms with Gasteiger partial charge in [0.25, 0.3) is 5.91 Å². The number of nitrogens with one attached hydrogen (secondary N) is 1. The summed E-state index contributed by atoms with van der Waals surface area (Å²) in [5.74, 6) is 0.0510. The van der Waals surface area contributed by atoms with E-state index in [0.29, 0.717) is 28.7 Å². The van der Waals surface area contributed by atoms with Crippen LogP contribution in [0.25, 0.3) is 22.8 Å². The molecule has 11 nitrogen and oxygen atoms in total. The first kappa shape index (κ1) is 20.5. The number of aliphatic hydroxyl groups is 1. The van der Waals surface area contributed by atoms with E-state index in [1.54, 1.807) is 47.2 Å². The number of aryl methyl sites for hydroxylation is 1. The Morgan fingerprint density at radius 3 is 2.62 bits per heavy atom. The normalized spacial score (nSPS) is 23.3. The molecule has 0 bridgehead atoms. The molecule has 1 amide bonds. The summed E-state index contributed by atoms with van der Waals surface area (Å²) in [5, 5.41) is 22.6. The fourth-order valence-corrected chi connectivity index (χ4v) is 4.52. The monoisotopic (exact) mass is 458 g/mol. The fourth-order valence-electron chi connectivity index (χ4n) is 4.52. The van der Waals surface area contributed by atoms with E-state index in [2.05, 4.69) is 30.5 Å². The van der Waals surface area contributed by atoms with E-state index in [0.717, 1.165) is 17.8 Å². The first-order valence-corrected chi connectivity index (χ1v) is 10.9. The third-order valence-electron chi connectivity index (χ3n) is 6.73. The number of aromatic nitrogens is 6. The van der Waals surface area contributed by atoms with Crippen LogP contribution in [0, 0.1) is 12.8 Å². The van der Waals surface area contributed by atoms with Gasteiger partial charge in [-0.1, -0.05) is 11.2 Å². The molecule has 4 aromatic rings. The number of carbonyl (C=O) groups excluding carboxylic acids is 1. The van der Waals surface area contributed by atoms with Gasteiger partial charge >= 0.3 is 0 Å². The lowest BCUT2D eigenvalue weighted by Crippen LogP contribution is -2.40. The number of nitrogens with zero attached hydrogens (tertiary/aromatic N) is 7. The largest absolute Gasteiger partial charge is 0.373 e. The van der Waals surface area contributed by atoms with E-state index in [4.69, 9.17) is 4.52 Å². The SMILES string of the molecule is Cc1c(Nc2nccc(-c3cccc(-c4cc([C@@]5(O)C(=O)N(C)C6CC65)on4)n3)n2)cnn1C. The first-order valence-electron chi connectivity index (χ1n) is 10.9. The molecule has 11 heteroatoms. The van der Waals surface area contributed by atoms with Gasteiger partial charge in [-0.2, -0.15) is 5.10 Å². The number of likely N-dealkylation sites (tertiary alicyclic amines) is 1. The summed E-state index contributed by atoms with van der Waals surface area (Å²) in [6.45, 7) is 1.95. The lowest BCUT2D eigenvalue weighted by atomic mass is 9.95. The Balaban J connectivity index is 1.29. The Hall–Kier alpha value is -4.12. The number of pyridine rings is 1. The zero-order chi connectivity index (χ0) is 23.6. The minimum absolute atomic E-state index is 0.0588. The maximum absolute atomic E-state index is 12.6. The van der Waals surface area contributed by atoms with Crippen molar-refractivity contribution < 1.29 is 14.4 Å². The topological polar surface area (TPSA) is 135 Å². The van der Waals surface area contributed by atoms with Crippen molar-refractivity contribution in [3.63, 3.8) is 0 Å². The fraction of sp³-hybridized carbons (Fsp3) is 0.304. The van der Waals surface area contributed by atoms with Crippen molar-refractivity contribution in [1.82, 2.24) is 34.8 Å². The minimum Gasteiger partial charge on any atom is -0.373 e. The van der Waals surface area contributed by atoms with Crippen molar-refractivity contribution in [2.24, 2.45) is 13.0 Å². The molecular formula is C23H22N8O3. The predicted molar refractivity (Wildman–Crippen MR) is 121 cm³/mol. The third kappa shape index (κ3) is 3.00. The Bertz CT molecular complexity index is 1430. The average molecular weight is 458 g/mol. The number of fused-ring (bicyclic) bond motifs is 1. The Morgan fingerprint density at radius 2 is 1.91 bits per heavy atom. The molecule has 2 fully saturated rings. The van der Waals surface area contributed by atoms with Crippen LogP contribution in [-0.4, -0.2) is 58.9 Å². The summed E-state index contributed by atoms with van der Waals surface area (Å²) in [5.41, 5.74) is 2.33. The second-order valence-electron chi connectivity index (χ2n) is 8.73. The van der Waals surface area contributed by atoms with Crippen LogP contribution in [0.2, 0.25) is 0 Å². The van der Waals surface area contributed by atoms with E-state index in [9.17, 15) is 9.90 Å². The number of piperidine rings is 1. The van der Waals surface area contributed by atoms with Gasteiger partial charge in [-0.15, -0.1) is 0 Å². The van der Waals surface area contributed by atoms with Crippen LogP contribution >= 0.6 is 0 Å². The Morgan fingerprint density at radius 1 is 1.15 bits per heavy atom. The standard InChI is InChI=1S/C23H22N8O3/c1-12-18(11-25-31(12)3)28-22-24-8-7-16(27-22)14-5-4-6-15(26-14)17-10-20(34-29-17)23(33)13-9-19(13)30(2)21(23)32/h4-8,10-11,13,19,33H,9H2,1-3H3,(H,24,27,28)/t13?,19?,23-/m1/s1. The number of amides is 1. The molecule has 3 atom stereocenters. The quantitative estimate of drug-likeness (QED) is 0.460. The molecule has 1 saturated heterocycles. The van der Waals surface area contributed by atoms with Gasteiger partial charge < -0.3 is 19.8 Å². The number of anilines is 2. The maximum Gasteiger partial charge on any atom is 0.262 e. The van der Waals surface area contributed by atoms with Crippen molar-refractivity contribution in [2.45, 2.75) is 25.0 Å². The Labute approximate surface area is 194 Å². The van der Waals surface area contributed by atoms with Gasteiger partial charge in [0.15, 0.2) is 5.76 Å². The van der Waals surface area contributed by atoms with E-state index in [-0.39, 0.29) is 23.6 Å². The van der Waals surface area contributed by atoms with Crippen molar-refractivity contribution in [3.8, 4) is 22.8 Å². The molecule has 1 aliphatic carbocycles. The second kappa shape index (κ2) is 7.19. The number of rotatable bonds is 5. The number of hydrogen-bond acceptors (Lipinski definition) is 9. The number of hydrogen-bond donors (Lipinski definition) is 2. The highest BCUT2D eigenvalue weighted by Gasteiger charge is 2.68. The van der Waals surface area contributed by atoms with Crippen LogP contribution in [0.1, 0.15) is 17.9 Å². The van der Waals surface area contributed by atoms with Crippen LogP contribution < -0.4 is 5.32 Å². The lowest BCUT2D eigenvalue weighted by molar-refractivity contribution is -0.149. The van der Waals surface area contributed by atoms with E-state index < -0.39 is 5.60 Å². The van der Waals surface area contributed by atoms with Crippen molar-refractivity contribution in [3.05, 3.63) is 54.2 Å².